The summed E-state index contributed by atoms with van der Waals surface area (Å²) in [4.78, 5) is 31.1. The molecule has 0 unspecified atom stereocenters. The fourth-order valence-electron chi connectivity index (χ4n) is 3.75. The first-order valence-corrected chi connectivity index (χ1v) is 10.4. The largest absolute Gasteiger partial charge is 0.343 e. The van der Waals surface area contributed by atoms with Crippen molar-refractivity contribution in [3.05, 3.63) is 64.4 Å². The van der Waals surface area contributed by atoms with Crippen LogP contribution in [0.1, 0.15) is 25.3 Å². The van der Waals surface area contributed by atoms with Crippen molar-refractivity contribution in [2.45, 2.75) is 26.3 Å². The van der Waals surface area contributed by atoms with Crippen LogP contribution in [-0.2, 0) is 16.1 Å². The van der Waals surface area contributed by atoms with Crippen LogP contribution in [0.5, 0.6) is 0 Å². The highest BCUT2D eigenvalue weighted by atomic mass is 32.1. The summed E-state index contributed by atoms with van der Waals surface area (Å²) in [7, 11) is 0. The van der Waals surface area contributed by atoms with Gasteiger partial charge >= 0.3 is 0 Å². The van der Waals surface area contributed by atoms with E-state index >= 15 is 0 Å². The van der Waals surface area contributed by atoms with Crippen LogP contribution in [-0.4, -0.2) is 34.4 Å². The van der Waals surface area contributed by atoms with Gasteiger partial charge in [0.05, 0.1) is 6.54 Å². The predicted octanol–water partition coefficient (Wildman–Crippen LogP) is 3.44. The molecule has 6 heteroatoms. The second-order valence-electron chi connectivity index (χ2n) is 7.18. The molecule has 0 bridgehead atoms. The van der Waals surface area contributed by atoms with Crippen LogP contribution in [0.3, 0.4) is 0 Å². The van der Waals surface area contributed by atoms with Gasteiger partial charge in [-0.2, -0.15) is 4.99 Å². The monoisotopic (exact) mass is 393 g/mol. The fourth-order valence-corrected chi connectivity index (χ4v) is 4.48. The Labute approximate surface area is 167 Å². The number of fused-ring (bicyclic) bond motifs is 1. The molecular weight excluding hydrogens is 370 g/mol. The maximum Gasteiger partial charge on any atom is 0.251 e. The number of thiazole rings is 1. The Morgan fingerprint density at radius 3 is 2.64 bits per heavy atom. The van der Waals surface area contributed by atoms with Crippen molar-refractivity contribution in [3.63, 3.8) is 0 Å². The van der Waals surface area contributed by atoms with E-state index in [2.05, 4.69) is 35.3 Å². The third-order valence-electron chi connectivity index (χ3n) is 5.38. The van der Waals surface area contributed by atoms with Crippen LogP contribution in [0.2, 0.25) is 0 Å². The zero-order valence-electron chi connectivity index (χ0n) is 15.9. The van der Waals surface area contributed by atoms with Crippen molar-refractivity contribution in [2.24, 2.45) is 10.9 Å². The minimum Gasteiger partial charge on any atom is -0.343 e. The molecule has 5 nitrogen and oxygen atoms in total. The zero-order chi connectivity index (χ0) is 19.5. The van der Waals surface area contributed by atoms with E-state index in [1.165, 1.54) is 27.7 Å². The van der Waals surface area contributed by atoms with Crippen molar-refractivity contribution in [2.75, 3.05) is 13.1 Å². The number of carbonyl (C=O) groups is 2. The van der Waals surface area contributed by atoms with Gasteiger partial charge in [0.1, 0.15) is 0 Å². The highest BCUT2D eigenvalue weighted by molar-refractivity contribution is 7.07. The van der Waals surface area contributed by atoms with Crippen LogP contribution < -0.4 is 4.80 Å². The molecule has 2 heterocycles. The van der Waals surface area contributed by atoms with Gasteiger partial charge in [-0.25, -0.2) is 0 Å². The van der Waals surface area contributed by atoms with Crippen LogP contribution in [0, 0.1) is 5.92 Å². The van der Waals surface area contributed by atoms with Gasteiger partial charge in [0.15, 0.2) is 4.80 Å². The molecule has 1 fully saturated rings. The molecule has 0 N–H and O–H groups in total. The fraction of sp³-hybridized carbons (Fsp3) is 0.318. The third kappa shape index (κ3) is 3.92. The topological polar surface area (TPSA) is 54.7 Å². The molecular formula is C22H23N3O2S. The van der Waals surface area contributed by atoms with E-state index in [0.29, 0.717) is 32.5 Å². The van der Waals surface area contributed by atoms with Crippen LogP contribution in [0.15, 0.2) is 59.0 Å². The van der Waals surface area contributed by atoms with E-state index in [0.717, 1.165) is 4.80 Å². The van der Waals surface area contributed by atoms with Crippen LogP contribution >= 0.6 is 11.3 Å². The van der Waals surface area contributed by atoms with Crippen molar-refractivity contribution in [1.82, 2.24) is 9.47 Å². The van der Waals surface area contributed by atoms with Crippen LogP contribution in [0.25, 0.3) is 10.8 Å². The molecule has 0 saturated carbocycles. The second-order valence-corrected chi connectivity index (χ2v) is 8.06. The lowest BCUT2D eigenvalue weighted by Gasteiger charge is -2.29. The summed E-state index contributed by atoms with van der Waals surface area (Å²) < 4.78 is 2.04. The molecule has 0 spiro atoms. The SMILES string of the molecule is CC(=O)N1CCC(C(=O)N=c2sccn2Cc2cccc3ccccc23)CC1. The maximum atomic E-state index is 12.7. The standard InChI is InChI=1S/C22H23N3O2S/c1-16(26)24-11-9-18(10-12-24)21(27)23-22-25(13-14-28-22)15-19-7-4-6-17-5-2-3-8-20(17)19/h2-8,13-14,18H,9-12,15H2,1H3. The molecule has 2 aromatic carbocycles. The van der Waals surface area contributed by atoms with E-state index in [1.807, 2.05) is 28.3 Å². The van der Waals surface area contributed by atoms with Gasteiger partial charge in [0, 0.05) is 37.5 Å². The minimum atomic E-state index is -0.0938. The number of carbonyl (C=O) groups excluding carboxylic acids is 2. The Hall–Kier alpha value is -2.73. The molecule has 2 amide bonds. The Balaban J connectivity index is 1.54. The molecule has 1 aliphatic rings. The van der Waals surface area contributed by atoms with Crippen molar-refractivity contribution in [3.8, 4) is 0 Å². The van der Waals surface area contributed by atoms with E-state index < -0.39 is 0 Å². The average molecular weight is 394 g/mol. The first-order valence-electron chi connectivity index (χ1n) is 9.56. The quantitative estimate of drug-likeness (QED) is 0.684. The number of rotatable bonds is 3. The maximum absolute atomic E-state index is 12.7. The minimum absolute atomic E-state index is 0.0719. The average Bonchev–Trinajstić information content (AvgIpc) is 3.15. The number of amides is 2. The summed E-state index contributed by atoms with van der Waals surface area (Å²) in [6, 6.07) is 14.6. The first-order chi connectivity index (χ1) is 13.6. The molecule has 4 rings (SSSR count). The Bertz CT molecular complexity index is 1070. The van der Waals surface area contributed by atoms with Gasteiger partial charge < -0.3 is 9.47 Å². The van der Waals surface area contributed by atoms with Gasteiger partial charge in [-0.15, -0.1) is 11.3 Å². The summed E-state index contributed by atoms with van der Waals surface area (Å²) in [5, 5.41) is 4.40. The van der Waals surface area contributed by atoms with Gasteiger partial charge in [-0.05, 0) is 29.2 Å². The zero-order valence-corrected chi connectivity index (χ0v) is 16.7. The summed E-state index contributed by atoms with van der Waals surface area (Å²) in [6.07, 6.45) is 3.37. The summed E-state index contributed by atoms with van der Waals surface area (Å²) in [5.74, 6) is -0.0879. The molecule has 1 saturated heterocycles. The molecule has 1 aliphatic heterocycles. The van der Waals surface area contributed by atoms with E-state index in [1.54, 1.807) is 11.8 Å². The lowest BCUT2D eigenvalue weighted by atomic mass is 9.96. The molecule has 28 heavy (non-hydrogen) atoms. The van der Waals surface area contributed by atoms with Crippen molar-refractivity contribution >= 4 is 33.9 Å². The summed E-state index contributed by atoms with van der Waals surface area (Å²) in [6.45, 7) is 3.54. The number of hydrogen-bond acceptors (Lipinski definition) is 3. The van der Waals surface area contributed by atoms with Crippen molar-refractivity contribution in [1.29, 1.82) is 0 Å². The summed E-state index contributed by atoms with van der Waals surface area (Å²) >= 11 is 1.48. The number of piperidine rings is 1. The molecule has 144 valence electrons. The Morgan fingerprint density at radius 2 is 1.86 bits per heavy atom. The normalized spacial score (nSPS) is 15.9. The lowest BCUT2D eigenvalue weighted by molar-refractivity contribution is -0.132. The molecule has 0 aliphatic carbocycles. The van der Waals surface area contributed by atoms with Gasteiger partial charge in [-0.1, -0.05) is 42.5 Å². The van der Waals surface area contributed by atoms with Gasteiger partial charge in [0.25, 0.3) is 5.91 Å². The number of hydrogen-bond donors (Lipinski definition) is 0. The second kappa shape index (κ2) is 8.10. The van der Waals surface area contributed by atoms with E-state index in [-0.39, 0.29) is 17.7 Å². The number of benzene rings is 2. The smallest absolute Gasteiger partial charge is 0.251 e. The predicted molar refractivity (Wildman–Crippen MR) is 111 cm³/mol. The molecule has 0 radical (unpaired) electrons. The van der Waals surface area contributed by atoms with Crippen LogP contribution in [0.4, 0.5) is 0 Å². The molecule has 1 aromatic heterocycles. The van der Waals surface area contributed by atoms with Gasteiger partial charge in [-0.3, -0.25) is 9.59 Å². The summed E-state index contributed by atoms with van der Waals surface area (Å²) in [5.41, 5.74) is 1.21. The Morgan fingerprint density at radius 1 is 1.11 bits per heavy atom. The number of likely N-dealkylation sites (tertiary alicyclic amines) is 1. The number of nitrogens with zero attached hydrogens (tertiary/aromatic N) is 3. The highest BCUT2D eigenvalue weighted by Crippen LogP contribution is 2.20. The van der Waals surface area contributed by atoms with E-state index in [9.17, 15) is 9.59 Å². The highest BCUT2D eigenvalue weighted by Gasteiger charge is 2.25. The van der Waals surface area contributed by atoms with Gasteiger partial charge in [0.2, 0.25) is 5.91 Å². The van der Waals surface area contributed by atoms with E-state index in [4.69, 9.17) is 0 Å². The van der Waals surface area contributed by atoms with Crippen molar-refractivity contribution < 1.29 is 9.59 Å². The lowest BCUT2D eigenvalue weighted by Crippen LogP contribution is -2.39. The third-order valence-corrected chi connectivity index (χ3v) is 6.17. The number of aromatic nitrogens is 1. The Kier molecular flexibility index (Phi) is 5.39. The first kappa shape index (κ1) is 18.6. The molecule has 3 aromatic rings. The molecule has 0 atom stereocenters.